The molecule has 2 aliphatic rings. The Hall–Kier alpha value is -1.69. The Morgan fingerprint density at radius 3 is 2.86 bits per heavy atom. The van der Waals surface area contributed by atoms with E-state index in [4.69, 9.17) is 14.7 Å². The Morgan fingerprint density at radius 2 is 2.09 bits per heavy atom. The second-order valence-electron chi connectivity index (χ2n) is 6.43. The van der Waals surface area contributed by atoms with E-state index in [2.05, 4.69) is 10.4 Å². The number of fused-ring (bicyclic) bond motifs is 1. The molecule has 1 aliphatic heterocycles. The van der Waals surface area contributed by atoms with Gasteiger partial charge in [-0.15, -0.1) is 0 Å². The van der Waals surface area contributed by atoms with Crippen molar-refractivity contribution >= 4 is 16.9 Å². The number of rotatable bonds is 4. The molecule has 0 amide bonds. The lowest BCUT2D eigenvalue weighted by Gasteiger charge is -2.14. The van der Waals surface area contributed by atoms with Crippen molar-refractivity contribution < 1.29 is 4.74 Å². The lowest BCUT2D eigenvalue weighted by molar-refractivity contribution is 0.120. The second-order valence-corrected chi connectivity index (χ2v) is 6.43. The van der Waals surface area contributed by atoms with Crippen LogP contribution in [-0.4, -0.2) is 39.0 Å². The smallest absolute Gasteiger partial charge is 0.163 e. The molecule has 2 aromatic rings. The first-order valence-electron chi connectivity index (χ1n) is 8.36. The molecule has 22 heavy (non-hydrogen) atoms. The molecule has 6 nitrogen and oxygen atoms in total. The zero-order valence-corrected chi connectivity index (χ0v) is 13.1. The third kappa shape index (κ3) is 2.56. The number of ether oxygens (including phenoxy) is 1. The van der Waals surface area contributed by atoms with Crippen LogP contribution in [0.25, 0.3) is 11.0 Å². The van der Waals surface area contributed by atoms with Gasteiger partial charge in [0.1, 0.15) is 11.6 Å². The predicted octanol–water partition coefficient (Wildman–Crippen LogP) is 2.61. The van der Waals surface area contributed by atoms with E-state index in [0.29, 0.717) is 12.0 Å². The minimum Gasteiger partial charge on any atom is -0.376 e. The van der Waals surface area contributed by atoms with Crippen molar-refractivity contribution in [1.82, 2.24) is 19.7 Å². The van der Waals surface area contributed by atoms with Crippen LogP contribution in [0.4, 0.5) is 5.82 Å². The van der Waals surface area contributed by atoms with E-state index in [1.54, 1.807) is 0 Å². The summed E-state index contributed by atoms with van der Waals surface area (Å²) in [6.07, 6.45) is 9.42. The van der Waals surface area contributed by atoms with Crippen LogP contribution in [0.2, 0.25) is 0 Å². The molecular formula is C16H23N5O. The number of hydrogen-bond acceptors (Lipinski definition) is 5. The van der Waals surface area contributed by atoms with E-state index >= 15 is 0 Å². The number of aromatic nitrogens is 4. The van der Waals surface area contributed by atoms with Gasteiger partial charge in [-0.1, -0.05) is 12.8 Å². The molecule has 1 saturated carbocycles. The van der Waals surface area contributed by atoms with Gasteiger partial charge in [0.05, 0.1) is 17.7 Å². The van der Waals surface area contributed by atoms with Crippen LogP contribution in [0.15, 0.2) is 6.20 Å². The summed E-state index contributed by atoms with van der Waals surface area (Å²) in [5, 5.41) is 8.83. The van der Waals surface area contributed by atoms with Crippen LogP contribution in [-0.2, 0) is 11.8 Å². The van der Waals surface area contributed by atoms with Crippen molar-refractivity contribution in [3.8, 4) is 0 Å². The van der Waals surface area contributed by atoms with E-state index < -0.39 is 0 Å². The fraction of sp³-hybridized carbons (Fsp3) is 0.688. The van der Waals surface area contributed by atoms with Crippen molar-refractivity contribution in [2.45, 2.75) is 50.5 Å². The molecule has 1 N–H and O–H groups in total. The number of hydrogen-bond donors (Lipinski definition) is 1. The van der Waals surface area contributed by atoms with E-state index in [-0.39, 0.29) is 0 Å². The molecule has 118 valence electrons. The first-order chi connectivity index (χ1) is 10.8. The normalized spacial score (nSPS) is 22.7. The average molecular weight is 301 g/mol. The quantitative estimate of drug-likeness (QED) is 0.940. The topological polar surface area (TPSA) is 64.9 Å². The number of nitrogens with one attached hydrogen (secondary N) is 1. The predicted molar refractivity (Wildman–Crippen MR) is 85.0 cm³/mol. The third-order valence-electron chi connectivity index (χ3n) is 4.85. The lowest BCUT2D eigenvalue weighted by Crippen LogP contribution is -2.19. The summed E-state index contributed by atoms with van der Waals surface area (Å²) < 4.78 is 7.54. The molecule has 6 heteroatoms. The van der Waals surface area contributed by atoms with Crippen molar-refractivity contribution in [1.29, 1.82) is 0 Å². The molecule has 3 heterocycles. The molecule has 1 atom stereocenters. The molecule has 2 fully saturated rings. The van der Waals surface area contributed by atoms with Crippen molar-refractivity contribution in [3.05, 3.63) is 12.0 Å². The lowest BCUT2D eigenvalue weighted by atomic mass is 10.1. The highest BCUT2D eigenvalue weighted by Crippen LogP contribution is 2.34. The van der Waals surface area contributed by atoms with Crippen LogP contribution in [0.1, 0.15) is 50.3 Å². The zero-order chi connectivity index (χ0) is 14.9. The summed E-state index contributed by atoms with van der Waals surface area (Å²) >= 11 is 0. The summed E-state index contributed by atoms with van der Waals surface area (Å²) in [6, 6.07) is 0. The first-order valence-corrected chi connectivity index (χ1v) is 8.36. The molecule has 0 bridgehead atoms. The van der Waals surface area contributed by atoms with Gasteiger partial charge in [-0.25, -0.2) is 9.97 Å². The molecular weight excluding hydrogens is 278 g/mol. The monoisotopic (exact) mass is 301 g/mol. The van der Waals surface area contributed by atoms with Crippen molar-refractivity contribution in [2.24, 2.45) is 7.05 Å². The van der Waals surface area contributed by atoms with Crippen LogP contribution in [0.3, 0.4) is 0 Å². The summed E-state index contributed by atoms with van der Waals surface area (Å²) in [5.41, 5.74) is 0.923. The summed E-state index contributed by atoms with van der Waals surface area (Å²) in [4.78, 5) is 9.60. The minimum atomic E-state index is 0.302. The van der Waals surface area contributed by atoms with Crippen LogP contribution >= 0.6 is 0 Å². The van der Waals surface area contributed by atoms with Gasteiger partial charge in [0.2, 0.25) is 0 Å². The average Bonchev–Trinajstić information content (AvgIpc) is 3.27. The molecule has 1 unspecified atom stereocenters. The number of nitrogens with zero attached hydrogens (tertiary/aromatic N) is 4. The van der Waals surface area contributed by atoms with Gasteiger partial charge in [0.25, 0.3) is 0 Å². The van der Waals surface area contributed by atoms with E-state index in [9.17, 15) is 0 Å². The highest BCUT2D eigenvalue weighted by Gasteiger charge is 2.23. The zero-order valence-electron chi connectivity index (χ0n) is 13.1. The second kappa shape index (κ2) is 5.83. The van der Waals surface area contributed by atoms with Crippen LogP contribution < -0.4 is 5.32 Å². The standard InChI is InChI=1S/C16H23N5O/c1-21-16-13(10-18-21)15(17-9-12-7-4-8-22-12)19-14(20-16)11-5-2-3-6-11/h10-12H,2-9H2,1H3,(H,17,19,20). The van der Waals surface area contributed by atoms with Gasteiger partial charge in [0.15, 0.2) is 5.65 Å². The number of aryl methyl sites for hydroxylation is 1. The Bertz CT molecular complexity index is 656. The van der Waals surface area contributed by atoms with Crippen LogP contribution in [0, 0.1) is 0 Å². The fourth-order valence-electron chi connectivity index (χ4n) is 3.56. The van der Waals surface area contributed by atoms with Gasteiger partial charge < -0.3 is 10.1 Å². The SMILES string of the molecule is Cn1ncc2c(NCC3CCCO3)nc(C3CCCC3)nc21. The summed E-state index contributed by atoms with van der Waals surface area (Å²) in [5.74, 6) is 2.39. The highest BCUT2D eigenvalue weighted by atomic mass is 16.5. The first kappa shape index (κ1) is 13.9. The van der Waals surface area contributed by atoms with Gasteiger partial charge >= 0.3 is 0 Å². The van der Waals surface area contributed by atoms with E-state index in [1.165, 1.54) is 25.7 Å². The molecule has 4 rings (SSSR count). The molecule has 0 aromatic carbocycles. The Morgan fingerprint density at radius 1 is 1.23 bits per heavy atom. The van der Waals surface area contributed by atoms with Crippen molar-refractivity contribution in [3.63, 3.8) is 0 Å². The summed E-state index contributed by atoms with van der Waals surface area (Å²) in [7, 11) is 1.94. The Labute approximate surface area is 130 Å². The van der Waals surface area contributed by atoms with Gasteiger partial charge in [-0.3, -0.25) is 4.68 Å². The fourth-order valence-corrected chi connectivity index (χ4v) is 3.56. The third-order valence-corrected chi connectivity index (χ3v) is 4.85. The van der Waals surface area contributed by atoms with Crippen LogP contribution in [0.5, 0.6) is 0 Å². The maximum atomic E-state index is 5.70. The van der Waals surface area contributed by atoms with Gasteiger partial charge in [0, 0.05) is 26.1 Å². The number of anilines is 1. The van der Waals surface area contributed by atoms with Gasteiger partial charge in [-0.05, 0) is 25.7 Å². The van der Waals surface area contributed by atoms with E-state index in [1.807, 2.05) is 17.9 Å². The molecule has 0 radical (unpaired) electrons. The highest BCUT2D eigenvalue weighted by molar-refractivity contribution is 5.86. The Balaban J connectivity index is 1.64. The molecule has 2 aromatic heterocycles. The maximum Gasteiger partial charge on any atom is 0.163 e. The largest absolute Gasteiger partial charge is 0.376 e. The maximum absolute atomic E-state index is 5.70. The summed E-state index contributed by atoms with van der Waals surface area (Å²) in [6.45, 7) is 1.69. The minimum absolute atomic E-state index is 0.302. The molecule has 1 aliphatic carbocycles. The molecule has 1 saturated heterocycles. The van der Waals surface area contributed by atoms with Gasteiger partial charge in [-0.2, -0.15) is 5.10 Å². The van der Waals surface area contributed by atoms with Crippen molar-refractivity contribution in [2.75, 3.05) is 18.5 Å². The molecule has 0 spiro atoms. The Kier molecular flexibility index (Phi) is 3.70. The van der Waals surface area contributed by atoms with E-state index in [0.717, 1.165) is 48.7 Å².